The lowest BCUT2D eigenvalue weighted by Crippen LogP contribution is -2.34. The second-order valence-corrected chi connectivity index (χ2v) is 4.51. The van der Waals surface area contributed by atoms with E-state index < -0.39 is 0 Å². The van der Waals surface area contributed by atoms with Crippen molar-refractivity contribution in [3.63, 3.8) is 0 Å². The van der Waals surface area contributed by atoms with E-state index in [4.69, 9.17) is 5.73 Å². The molecule has 1 aliphatic rings. The number of hydrogen-bond donors (Lipinski definition) is 1. The van der Waals surface area contributed by atoms with Gasteiger partial charge in [-0.25, -0.2) is 0 Å². The topological polar surface area (TPSA) is 29.3 Å². The number of rotatable bonds is 4. The maximum Gasteiger partial charge on any atom is 0.0184 e. The molecule has 2 unspecified atom stereocenters. The highest BCUT2D eigenvalue weighted by Gasteiger charge is 2.24. The SMILES string of the molecule is C=C(C)CN(C)CC1CCCC1N. The first-order chi connectivity index (χ1) is 6.09. The molecule has 76 valence electrons. The monoisotopic (exact) mass is 182 g/mol. The molecule has 1 saturated carbocycles. The van der Waals surface area contributed by atoms with Gasteiger partial charge in [0, 0.05) is 19.1 Å². The van der Waals surface area contributed by atoms with Crippen molar-refractivity contribution in [3.8, 4) is 0 Å². The summed E-state index contributed by atoms with van der Waals surface area (Å²) in [7, 11) is 2.15. The standard InChI is InChI=1S/C11H22N2/c1-9(2)7-13(3)8-10-5-4-6-11(10)12/h10-11H,1,4-8,12H2,2-3H3. The summed E-state index contributed by atoms with van der Waals surface area (Å²) in [5.74, 6) is 0.712. The molecule has 0 bridgehead atoms. The van der Waals surface area contributed by atoms with Gasteiger partial charge in [-0.3, -0.25) is 0 Å². The van der Waals surface area contributed by atoms with Crippen molar-refractivity contribution in [1.82, 2.24) is 4.90 Å². The van der Waals surface area contributed by atoms with Crippen molar-refractivity contribution in [1.29, 1.82) is 0 Å². The van der Waals surface area contributed by atoms with E-state index in [-0.39, 0.29) is 0 Å². The van der Waals surface area contributed by atoms with Gasteiger partial charge in [-0.1, -0.05) is 18.6 Å². The molecule has 0 aromatic carbocycles. The quantitative estimate of drug-likeness (QED) is 0.669. The van der Waals surface area contributed by atoms with Gasteiger partial charge in [0.05, 0.1) is 0 Å². The number of hydrogen-bond acceptors (Lipinski definition) is 2. The van der Waals surface area contributed by atoms with Crippen LogP contribution < -0.4 is 5.73 Å². The molecule has 1 aliphatic carbocycles. The van der Waals surface area contributed by atoms with Gasteiger partial charge in [-0.05, 0) is 32.7 Å². The molecule has 2 atom stereocenters. The van der Waals surface area contributed by atoms with Crippen LogP contribution in [0, 0.1) is 5.92 Å². The summed E-state index contributed by atoms with van der Waals surface area (Å²) in [5, 5.41) is 0. The zero-order valence-electron chi connectivity index (χ0n) is 8.92. The maximum absolute atomic E-state index is 6.01. The fourth-order valence-corrected chi connectivity index (χ4v) is 2.22. The summed E-state index contributed by atoms with van der Waals surface area (Å²) in [4.78, 5) is 2.33. The van der Waals surface area contributed by atoms with Crippen LogP contribution in [-0.2, 0) is 0 Å². The zero-order valence-corrected chi connectivity index (χ0v) is 8.92. The molecule has 1 rings (SSSR count). The summed E-state index contributed by atoms with van der Waals surface area (Å²) in [6.07, 6.45) is 3.83. The molecule has 0 amide bonds. The Hall–Kier alpha value is -0.340. The summed E-state index contributed by atoms with van der Waals surface area (Å²) in [6.45, 7) is 8.13. The lowest BCUT2D eigenvalue weighted by Gasteiger charge is -2.23. The Bertz CT molecular complexity index is 177. The van der Waals surface area contributed by atoms with Crippen LogP contribution in [-0.4, -0.2) is 31.1 Å². The van der Waals surface area contributed by atoms with Gasteiger partial charge < -0.3 is 10.6 Å². The van der Waals surface area contributed by atoms with Crippen LogP contribution in [0.4, 0.5) is 0 Å². The van der Waals surface area contributed by atoms with Crippen molar-refractivity contribution in [2.75, 3.05) is 20.1 Å². The van der Waals surface area contributed by atoms with E-state index in [9.17, 15) is 0 Å². The predicted octanol–water partition coefficient (Wildman–Crippen LogP) is 1.62. The van der Waals surface area contributed by atoms with E-state index in [0.29, 0.717) is 12.0 Å². The van der Waals surface area contributed by atoms with Gasteiger partial charge in [0.2, 0.25) is 0 Å². The van der Waals surface area contributed by atoms with Crippen LogP contribution in [0.3, 0.4) is 0 Å². The van der Waals surface area contributed by atoms with Gasteiger partial charge in [0.15, 0.2) is 0 Å². The lowest BCUT2D eigenvalue weighted by molar-refractivity contribution is 0.283. The largest absolute Gasteiger partial charge is 0.327 e. The highest BCUT2D eigenvalue weighted by molar-refractivity contribution is 4.92. The third-order valence-corrected chi connectivity index (χ3v) is 2.80. The molecular formula is C11H22N2. The minimum absolute atomic E-state index is 0.438. The number of likely N-dealkylation sites (N-methyl/N-ethyl adjacent to an activating group) is 1. The molecule has 0 saturated heterocycles. The Balaban J connectivity index is 2.26. The fourth-order valence-electron chi connectivity index (χ4n) is 2.22. The van der Waals surface area contributed by atoms with Crippen LogP contribution >= 0.6 is 0 Å². The Morgan fingerprint density at radius 2 is 2.23 bits per heavy atom. The van der Waals surface area contributed by atoms with E-state index in [1.165, 1.54) is 24.8 Å². The first-order valence-electron chi connectivity index (χ1n) is 5.18. The Kier molecular flexibility index (Phi) is 3.94. The molecule has 0 aliphatic heterocycles. The van der Waals surface area contributed by atoms with Gasteiger partial charge in [-0.15, -0.1) is 0 Å². The molecule has 0 radical (unpaired) electrons. The van der Waals surface area contributed by atoms with E-state index in [1.54, 1.807) is 0 Å². The first-order valence-corrected chi connectivity index (χ1v) is 5.18. The van der Waals surface area contributed by atoms with E-state index in [0.717, 1.165) is 13.1 Å². The van der Waals surface area contributed by atoms with Crippen LogP contribution in [0.5, 0.6) is 0 Å². The third-order valence-electron chi connectivity index (χ3n) is 2.80. The maximum atomic E-state index is 6.01. The van der Waals surface area contributed by atoms with Crippen molar-refractivity contribution in [2.45, 2.75) is 32.2 Å². The van der Waals surface area contributed by atoms with Gasteiger partial charge in [0.25, 0.3) is 0 Å². The van der Waals surface area contributed by atoms with Gasteiger partial charge in [0.1, 0.15) is 0 Å². The van der Waals surface area contributed by atoms with Crippen molar-refractivity contribution in [2.24, 2.45) is 11.7 Å². The molecule has 1 fully saturated rings. The molecule has 2 N–H and O–H groups in total. The average Bonchev–Trinajstić information content (AvgIpc) is 2.34. The van der Waals surface area contributed by atoms with Gasteiger partial charge >= 0.3 is 0 Å². The van der Waals surface area contributed by atoms with E-state index in [2.05, 4.69) is 25.5 Å². The van der Waals surface area contributed by atoms with E-state index >= 15 is 0 Å². The van der Waals surface area contributed by atoms with Crippen molar-refractivity contribution >= 4 is 0 Å². The van der Waals surface area contributed by atoms with Crippen LogP contribution in [0.2, 0.25) is 0 Å². The van der Waals surface area contributed by atoms with Gasteiger partial charge in [-0.2, -0.15) is 0 Å². The molecule has 0 spiro atoms. The Morgan fingerprint density at radius 3 is 2.69 bits per heavy atom. The summed E-state index contributed by atoms with van der Waals surface area (Å²) < 4.78 is 0. The average molecular weight is 182 g/mol. The van der Waals surface area contributed by atoms with Crippen LogP contribution in [0.1, 0.15) is 26.2 Å². The molecule has 13 heavy (non-hydrogen) atoms. The molecule has 0 aromatic rings. The van der Waals surface area contributed by atoms with Crippen LogP contribution in [0.15, 0.2) is 12.2 Å². The fraction of sp³-hybridized carbons (Fsp3) is 0.818. The first kappa shape index (κ1) is 10.7. The third kappa shape index (κ3) is 3.49. The van der Waals surface area contributed by atoms with Crippen molar-refractivity contribution < 1.29 is 0 Å². The predicted molar refractivity (Wildman–Crippen MR) is 57.6 cm³/mol. The minimum Gasteiger partial charge on any atom is -0.327 e. The normalized spacial score (nSPS) is 28.3. The lowest BCUT2D eigenvalue weighted by atomic mass is 10.0. The van der Waals surface area contributed by atoms with Crippen molar-refractivity contribution in [3.05, 3.63) is 12.2 Å². The molecule has 2 heteroatoms. The second-order valence-electron chi connectivity index (χ2n) is 4.51. The summed E-state index contributed by atoms with van der Waals surface area (Å²) in [5.41, 5.74) is 7.24. The zero-order chi connectivity index (χ0) is 9.84. The highest BCUT2D eigenvalue weighted by Crippen LogP contribution is 2.24. The van der Waals surface area contributed by atoms with Crippen LogP contribution in [0.25, 0.3) is 0 Å². The number of nitrogens with zero attached hydrogens (tertiary/aromatic N) is 1. The summed E-state index contributed by atoms with van der Waals surface area (Å²) in [6, 6.07) is 0.438. The smallest absolute Gasteiger partial charge is 0.0184 e. The summed E-state index contributed by atoms with van der Waals surface area (Å²) >= 11 is 0. The van der Waals surface area contributed by atoms with E-state index in [1.807, 2.05) is 0 Å². The molecule has 0 aromatic heterocycles. The minimum atomic E-state index is 0.438. The molecule has 2 nitrogen and oxygen atoms in total. The Morgan fingerprint density at radius 1 is 1.54 bits per heavy atom. The highest BCUT2D eigenvalue weighted by atomic mass is 15.1. The molecule has 0 heterocycles. The molecular weight excluding hydrogens is 160 g/mol. The second kappa shape index (κ2) is 4.77. The number of nitrogens with two attached hydrogens (primary N) is 1. The Labute approximate surface area is 81.8 Å².